The maximum atomic E-state index is 12.8. The molecule has 0 spiro atoms. The van der Waals surface area contributed by atoms with E-state index in [1.54, 1.807) is 29.9 Å². The van der Waals surface area contributed by atoms with Crippen LogP contribution in [0.5, 0.6) is 11.5 Å². The largest absolute Gasteiger partial charge is 0.455 e. The summed E-state index contributed by atoms with van der Waals surface area (Å²) in [5.74, 6) is 2.48. The lowest BCUT2D eigenvalue weighted by Gasteiger charge is -2.30. The number of amides is 1. The number of anilines is 2. The molecule has 5 rings (SSSR count). The molecule has 0 unspecified atom stereocenters. The summed E-state index contributed by atoms with van der Waals surface area (Å²) in [6.07, 6.45) is 6.92. The van der Waals surface area contributed by atoms with E-state index in [-0.39, 0.29) is 11.8 Å². The highest BCUT2D eigenvalue weighted by Gasteiger charge is 2.30. The van der Waals surface area contributed by atoms with Crippen LogP contribution in [-0.2, 0) is 11.3 Å². The molecule has 0 saturated carbocycles. The van der Waals surface area contributed by atoms with Gasteiger partial charge in [0, 0.05) is 41.3 Å². The quantitative estimate of drug-likeness (QED) is 0.303. The normalized spacial score (nSPS) is 15.3. The first-order valence-corrected chi connectivity index (χ1v) is 13.4. The van der Waals surface area contributed by atoms with Crippen molar-refractivity contribution in [3.8, 4) is 11.5 Å². The molecule has 1 atom stereocenters. The summed E-state index contributed by atoms with van der Waals surface area (Å²) in [6, 6.07) is 9.84. The van der Waals surface area contributed by atoms with Crippen molar-refractivity contribution in [2.45, 2.75) is 33.2 Å². The monoisotopic (exact) mass is 528 g/mol. The predicted molar refractivity (Wildman–Crippen MR) is 152 cm³/mol. The molecule has 196 valence electrons. The standard InChI is InChI=1S/C29H32N6O2S/c1-18-13-21(9-11-23(18)37-22-10-8-20(3)30-14-22)33-28-27-26-19(2)15-35(25(36)7-6-12-34(4)5)16-24(26)38-29(27)32-17-31-28/h6-11,13-14,17,19H,12,15-16H2,1-5H3,(H,31,32,33)/b7-6+/t19-/m0/s1. The maximum Gasteiger partial charge on any atom is 0.246 e. The molecule has 4 aromatic rings. The fourth-order valence-electron chi connectivity index (χ4n) is 4.65. The van der Waals surface area contributed by atoms with E-state index in [2.05, 4.69) is 27.2 Å². The van der Waals surface area contributed by atoms with Gasteiger partial charge in [-0.15, -0.1) is 11.3 Å². The van der Waals surface area contributed by atoms with Crippen molar-refractivity contribution in [3.63, 3.8) is 0 Å². The van der Waals surface area contributed by atoms with E-state index in [1.807, 2.05) is 74.2 Å². The van der Waals surface area contributed by atoms with Crippen molar-refractivity contribution < 1.29 is 9.53 Å². The molecule has 0 aliphatic carbocycles. The van der Waals surface area contributed by atoms with Crippen LogP contribution < -0.4 is 10.1 Å². The third-order valence-electron chi connectivity index (χ3n) is 6.52. The molecule has 0 radical (unpaired) electrons. The van der Waals surface area contributed by atoms with Crippen LogP contribution in [0.2, 0.25) is 0 Å². The average Bonchev–Trinajstić information content (AvgIpc) is 3.27. The maximum absolute atomic E-state index is 12.8. The highest BCUT2D eigenvalue weighted by atomic mass is 32.1. The third-order valence-corrected chi connectivity index (χ3v) is 7.61. The van der Waals surface area contributed by atoms with Crippen molar-refractivity contribution in [1.82, 2.24) is 24.8 Å². The Morgan fingerprint density at radius 2 is 2.05 bits per heavy atom. The Balaban J connectivity index is 1.38. The van der Waals surface area contributed by atoms with Gasteiger partial charge < -0.3 is 19.9 Å². The molecule has 8 nitrogen and oxygen atoms in total. The Kier molecular flexibility index (Phi) is 7.40. The lowest BCUT2D eigenvalue weighted by Crippen LogP contribution is -2.36. The van der Waals surface area contributed by atoms with Crippen LogP contribution in [-0.4, -0.2) is 57.8 Å². The number of pyridine rings is 1. The number of ether oxygens (including phenoxy) is 1. The summed E-state index contributed by atoms with van der Waals surface area (Å²) in [4.78, 5) is 32.3. The van der Waals surface area contributed by atoms with Gasteiger partial charge in [-0.3, -0.25) is 9.78 Å². The second kappa shape index (κ2) is 10.9. The fraction of sp³-hybridized carbons (Fsp3) is 0.310. The molecular formula is C29H32N6O2S. The van der Waals surface area contributed by atoms with Gasteiger partial charge in [-0.05, 0) is 69.4 Å². The highest BCUT2D eigenvalue weighted by Crippen LogP contribution is 2.42. The number of benzene rings is 1. The number of likely N-dealkylation sites (N-methyl/N-ethyl adjacent to an activating group) is 1. The fourth-order valence-corrected chi connectivity index (χ4v) is 5.93. The minimum atomic E-state index is 0.0467. The Hall–Kier alpha value is -3.82. The van der Waals surface area contributed by atoms with Crippen LogP contribution in [0.1, 0.15) is 34.5 Å². The van der Waals surface area contributed by atoms with Crippen LogP contribution in [0.15, 0.2) is 55.0 Å². The van der Waals surface area contributed by atoms with Gasteiger partial charge in [-0.1, -0.05) is 13.0 Å². The highest BCUT2D eigenvalue weighted by molar-refractivity contribution is 7.19. The van der Waals surface area contributed by atoms with Gasteiger partial charge >= 0.3 is 0 Å². The topological polar surface area (TPSA) is 83.5 Å². The van der Waals surface area contributed by atoms with Crippen LogP contribution in [0.3, 0.4) is 0 Å². The molecule has 0 fully saturated rings. The van der Waals surface area contributed by atoms with Crippen molar-refractivity contribution in [1.29, 1.82) is 0 Å². The molecular weight excluding hydrogens is 496 g/mol. The van der Waals surface area contributed by atoms with Gasteiger partial charge in [0.15, 0.2) is 0 Å². The third kappa shape index (κ3) is 5.54. The number of carbonyl (C=O) groups excluding carboxylic acids is 1. The zero-order valence-corrected chi connectivity index (χ0v) is 23.2. The Labute approximate surface area is 227 Å². The van der Waals surface area contributed by atoms with E-state index in [4.69, 9.17) is 4.74 Å². The van der Waals surface area contributed by atoms with E-state index in [1.165, 1.54) is 10.4 Å². The Morgan fingerprint density at radius 1 is 1.21 bits per heavy atom. The minimum absolute atomic E-state index is 0.0467. The number of thiophene rings is 1. The van der Waals surface area contributed by atoms with E-state index in [0.29, 0.717) is 18.8 Å². The number of aryl methyl sites for hydroxylation is 2. The average molecular weight is 529 g/mol. The summed E-state index contributed by atoms with van der Waals surface area (Å²) in [6.45, 7) is 8.13. The number of hydrogen-bond donors (Lipinski definition) is 1. The second-order valence-electron chi connectivity index (χ2n) is 9.97. The molecule has 1 N–H and O–H groups in total. The lowest BCUT2D eigenvalue weighted by atomic mass is 9.94. The molecule has 9 heteroatoms. The first-order valence-electron chi connectivity index (χ1n) is 12.6. The smallest absolute Gasteiger partial charge is 0.246 e. The van der Waals surface area contributed by atoms with Crippen LogP contribution >= 0.6 is 11.3 Å². The number of fused-ring (bicyclic) bond motifs is 3. The molecule has 1 amide bonds. The minimum Gasteiger partial charge on any atom is -0.455 e. The number of rotatable bonds is 7. The first kappa shape index (κ1) is 25.8. The summed E-state index contributed by atoms with van der Waals surface area (Å²) in [7, 11) is 3.97. The van der Waals surface area contributed by atoms with E-state index < -0.39 is 0 Å². The van der Waals surface area contributed by atoms with Gasteiger partial charge in [-0.2, -0.15) is 0 Å². The van der Waals surface area contributed by atoms with Crippen molar-refractivity contribution >= 4 is 39.0 Å². The van der Waals surface area contributed by atoms with Gasteiger partial charge in [0.2, 0.25) is 5.91 Å². The summed E-state index contributed by atoms with van der Waals surface area (Å²) < 4.78 is 6.03. The number of nitrogens with zero attached hydrogens (tertiary/aromatic N) is 5. The van der Waals surface area contributed by atoms with Gasteiger partial charge in [0.05, 0.1) is 18.1 Å². The molecule has 4 heterocycles. The second-order valence-corrected chi connectivity index (χ2v) is 11.1. The Morgan fingerprint density at radius 3 is 2.79 bits per heavy atom. The predicted octanol–water partition coefficient (Wildman–Crippen LogP) is 5.80. The van der Waals surface area contributed by atoms with Crippen molar-refractivity contribution in [2.75, 3.05) is 32.5 Å². The molecule has 0 saturated heterocycles. The van der Waals surface area contributed by atoms with Crippen LogP contribution in [0.25, 0.3) is 10.2 Å². The number of nitrogens with one attached hydrogen (secondary N) is 1. The summed E-state index contributed by atoms with van der Waals surface area (Å²) >= 11 is 1.64. The molecule has 0 bridgehead atoms. The summed E-state index contributed by atoms with van der Waals surface area (Å²) in [5, 5.41) is 4.55. The SMILES string of the molecule is Cc1ccc(Oc2ccc(Nc3ncnc4sc5c(c34)[C@@H](C)CN(C(=O)/C=C/CN(C)C)C5)cc2C)cn1. The summed E-state index contributed by atoms with van der Waals surface area (Å²) in [5.41, 5.74) is 4.10. The van der Waals surface area contributed by atoms with E-state index in [0.717, 1.165) is 45.3 Å². The Bertz CT molecular complexity index is 1500. The zero-order valence-electron chi connectivity index (χ0n) is 22.4. The van der Waals surface area contributed by atoms with Crippen LogP contribution in [0.4, 0.5) is 11.5 Å². The van der Waals surface area contributed by atoms with E-state index in [9.17, 15) is 4.79 Å². The molecule has 1 aromatic carbocycles. The number of hydrogen-bond acceptors (Lipinski definition) is 8. The zero-order chi connectivity index (χ0) is 26.8. The lowest BCUT2D eigenvalue weighted by molar-refractivity contribution is -0.127. The molecule has 38 heavy (non-hydrogen) atoms. The van der Waals surface area contributed by atoms with Gasteiger partial charge in [0.1, 0.15) is 28.5 Å². The van der Waals surface area contributed by atoms with Crippen molar-refractivity contribution in [3.05, 3.63) is 76.7 Å². The molecule has 1 aliphatic rings. The first-order chi connectivity index (χ1) is 18.3. The number of carbonyl (C=O) groups is 1. The van der Waals surface area contributed by atoms with Gasteiger partial charge in [0.25, 0.3) is 0 Å². The molecule has 1 aliphatic heterocycles. The van der Waals surface area contributed by atoms with Crippen molar-refractivity contribution in [2.24, 2.45) is 0 Å². The van der Waals surface area contributed by atoms with Crippen LogP contribution in [0, 0.1) is 13.8 Å². The van der Waals surface area contributed by atoms with E-state index >= 15 is 0 Å². The number of aromatic nitrogens is 3. The molecule has 3 aromatic heterocycles. The van der Waals surface area contributed by atoms with Gasteiger partial charge in [-0.25, -0.2) is 9.97 Å².